The molecule has 0 heterocycles. The van der Waals surface area contributed by atoms with Crippen LogP contribution in [-0.2, 0) is 0 Å². The lowest BCUT2D eigenvalue weighted by Crippen LogP contribution is -2.26. The summed E-state index contributed by atoms with van der Waals surface area (Å²) in [5, 5.41) is 0. The molecule has 1 heteroatoms. The predicted molar refractivity (Wildman–Crippen MR) is 60.7 cm³/mol. The predicted octanol–water partition coefficient (Wildman–Crippen LogP) is 3.58. The van der Waals surface area contributed by atoms with Crippen LogP contribution >= 0.6 is 0 Å². The van der Waals surface area contributed by atoms with Gasteiger partial charge >= 0.3 is 0 Å². The van der Waals surface area contributed by atoms with Gasteiger partial charge in [-0.2, -0.15) is 0 Å². The van der Waals surface area contributed by atoms with Crippen molar-refractivity contribution in [3.8, 4) is 0 Å². The van der Waals surface area contributed by atoms with Crippen LogP contribution in [0.2, 0.25) is 0 Å². The van der Waals surface area contributed by atoms with Crippen LogP contribution < -0.4 is 5.73 Å². The smallest absolute Gasteiger partial charge is 0.00438 e. The quantitative estimate of drug-likeness (QED) is 0.696. The van der Waals surface area contributed by atoms with E-state index in [2.05, 4.69) is 34.6 Å². The summed E-state index contributed by atoms with van der Waals surface area (Å²) in [4.78, 5) is 0. The third-order valence-electron chi connectivity index (χ3n) is 2.23. The summed E-state index contributed by atoms with van der Waals surface area (Å²) in [7, 11) is 0. The maximum atomic E-state index is 6.05. The Morgan fingerprint density at radius 2 is 1.62 bits per heavy atom. The van der Waals surface area contributed by atoms with Crippen molar-refractivity contribution >= 4 is 0 Å². The second kappa shape index (κ2) is 5.64. The number of hydrogen-bond acceptors (Lipinski definition) is 1. The molecule has 0 aromatic heterocycles. The second-order valence-electron chi connectivity index (χ2n) is 5.85. The van der Waals surface area contributed by atoms with E-state index in [0.717, 1.165) is 12.3 Å². The molecule has 0 aliphatic rings. The lowest BCUT2D eigenvalue weighted by molar-refractivity contribution is 0.324. The zero-order valence-corrected chi connectivity index (χ0v) is 10.1. The van der Waals surface area contributed by atoms with Gasteiger partial charge in [0.2, 0.25) is 0 Å². The average molecular weight is 185 g/mol. The van der Waals surface area contributed by atoms with E-state index >= 15 is 0 Å². The van der Waals surface area contributed by atoms with Gasteiger partial charge < -0.3 is 5.73 Å². The highest BCUT2D eigenvalue weighted by Crippen LogP contribution is 2.22. The van der Waals surface area contributed by atoms with E-state index in [1.807, 2.05) is 0 Å². The molecular weight excluding hydrogens is 158 g/mol. The normalized spacial score (nSPS) is 15.0. The Morgan fingerprint density at radius 1 is 1.08 bits per heavy atom. The van der Waals surface area contributed by atoms with Crippen LogP contribution in [0.1, 0.15) is 60.3 Å². The van der Waals surface area contributed by atoms with E-state index in [9.17, 15) is 0 Å². The third-order valence-corrected chi connectivity index (χ3v) is 2.23. The Bertz CT molecular complexity index is 122. The van der Waals surface area contributed by atoms with Crippen molar-refractivity contribution in [3.05, 3.63) is 0 Å². The van der Waals surface area contributed by atoms with Gasteiger partial charge in [-0.05, 0) is 24.2 Å². The molecule has 2 N–H and O–H groups in total. The van der Waals surface area contributed by atoms with Crippen molar-refractivity contribution < 1.29 is 0 Å². The van der Waals surface area contributed by atoms with Gasteiger partial charge in [0.1, 0.15) is 0 Å². The molecule has 0 aromatic rings. The fourth-order valence-corrected chi connectivity index (χ4v) is 1.68. The van der Waals surface area contributed by atoms with Crippen LogP contribution in [0, 0.1) is 11.3 Å². The first kappa shape index (κ1) is 13.0. The monoisotopic (exact) mass is 185 g/mol. The maximum Gasteiger partial charge on any atom is 0.00438 e. The molecule has 0 aromatic carbocycles. The van der Waals surface area contributed by atoms with Gasteiger partial charge in [0, 0.05) is 6.04 Å². The molecule has 1 unspecified atom stereocenters. The Labute approximate surface area is 84.1 Å². The Kier molecular flexibility index (Phi) is 5.62. The molecule has 0 aliphatic carbocycles. The van der Waals surface area contributed by atoms with E-state index < -0.39 is 0 Å². The van der Waals surface area contributed by atoms with Gasteiger partial charge in [-0.1, -0.05) is 47.5 Å². The summed E-state index contributed by atoms with van der Waals surface area (Å²) in [5.74, 6) is 0.821. The summed E-state index contributed by atoms with van der Waals surface area (Å²) in [6, 6.07) is 0.402. The number of nitrogens with two attached hydrogens (primary N) is 1. The maximum absolute atomic E-state index is 6.05. The molecule has 13 heavy (non-hydrogen) atoms. The van der Waals surface area contributed by atoms with Gasteiger partial charge in [0.15, 0.2) is 0 Å². The lowest BCUT2D eigenvalue weighted by Gasteiger charge is -2.23. The number of hydrogen-bond donors (Lipinski definition) is 1. The SMILES string of the molecule is CC(C)CCCC(N)CC(C)(C)C. The summed E-state index contributed by atoms with van der Waals surface area (Å²) >= 11 is 0. The molecule has 1 atom stereocenters. The highest BCUT2D eigenvalue weighted by atomic mass is 14.6. The second-order valence-corrected chi connectivity index (χ2v) is 5.85. The molecular formula is C12H27N. The van der Waals surface area contributed by atoms with Gasteiger partial charge in [-0.3, -0.25) is 0 Å². The minimum Gasteiger partial charge on any atom is -0.328 e. The fraction of sp³-hybridized carbons (Fsp3) is 1.00. The summed E-state index contributed by atoms with van der Waals surface area (Å²) in [5.41, 5.74) is 6.43. The molecule has 0 spiro atoms. The first-order chi connectivity index (χ1) is 5.81. The topological polar surface area (TPSA) is 26.0 Å². The molecule has 80 valence electrons. The zero-order valence-electron chi connectivity index (χ0n) is 10.1. The van der Waals surface area contributed by atoms with E-state index in [-0.39, 0.29) is 0 Å². The van der Waals surface area contributed by atoms with Crippen molar-refractivity contribution in [3.63, 3.8) is 0 Å². The van der Waals surface area contributed by atoms with E-state index in [4.69, 9.17) is 5.73 Å². The van der Waals surface area contributed by atoms with Crippen molar-refractivity contribution in [2.75, 3.05) is 0 Å². The molecule has 0 aliphatic heterocycles. The van der Waals surface area contributed by atoms with Gasteiger partial charge in [-0.15, -0.1) is 0 Å². The summed E-state index contributed by atoms with van der Waals surface area (Å²) in [6.45, 7) is 11.3. The first-order valence-electron chi connectivity index (χ1n) is 5.57. The van der Waals surface area contributed by atoms with Gasteiger partial charge in [-0.25, -0.2) is 0 Å². The highest BCUT2D eigenvalue weighted by molar-refractivity contribution is 4.71. The van der Waals surface area contributed by atoms with Crippen molar-refractivity contribution in [1.29, 1.82) is 0 Å². The van der Waals surface area contributed by atoms with E-state index in [1.54, 1.807) is 0 Å². The third kappa shape index (κ3) is 9.88. The lowest BCUT2D eigenvalue weighted by atomic mass is 9.86. The van der Waals surface area contributed by atoms with Crippen LogP contribution in [0.5, 0.6) is 0 Å². The molecule has 0 fully saturated rings. The highest BCUT2D eigenvalue weighted by Gasteiger charge is 2.15. The summed E-state index contributed by atoms with van der Waals surface area (Å²) in [6.07, 6.45) is 4.94. The van der Waals surface area contributed by atoms with Crippen LogP contribution in [0.4, 0.5) is 0 Å². The van der Waals surface area contributed by atoms with Crippen molar-refractivity contribution in [2.24, 2.45) is 17.1 Å². The van der Waals surface area contributed by atoms with Crippen LogP contribution in [0.3, 0.4) is 0 Å². The minimum atomic E-state index is 0.386. The molecule has 0 radical (unpaired) electrons. The zero-order chi connectivity index (χ0) is 10.5. The Balaban J connectivity index is 3.46. The molecule has 0 saturated carbocycles. The molecule has 0 saturated heterocycles. The van der Waals surface area contributed by atoms with Gasteiger partial charge in [0.05, 0.1) is 0 Å². The summed E-state index contributed by atoms with van der Waals surface area (Å²) < 4.78 is 0. The number of rotatable bonds is 5. The van der Waals surface area contributed by atoms with Crippen molar-refractivity contribution in [2.45, 2.75) is 66.3 Å². The van der Waals surface area contributed by atoms with E-state index in [0.29, 0.717) is 11.5 Å². The van der Waals surface area contributed by atoms with Crippen LogP contribution in [-0.4, -0.2) is 6.04 Å². The van der Waals surface area contributed by atoms with Gasteiger partial charge in [0.25, 0.3) is 0 Å². The average Bonchev–Trinajstić information content (AvgIpc) is 1.81. The Morgan fingerprint density at radius 3 is 2.00 bits per heavy atom. The van der Waals surface area contributed by atoms with E-state index in [1.165, 1.54) is 19.3 Å². The first-order valence-corrected chi connectivity index (χ1v) is 5.57. The Hall–Kier alpha value is -0.0400. The van der Waals surface area contributed by atoms with Crippen LogP contribution in [0.15, 0.2) is 0 Å². The van der Waals surface area contributed by atoms with Crippen molar-refractivity contribution in [1.82, 2.24) is 0 Å². The molecule has 0 amide bonds. The molecule has 1 nitrogen and oxygen atoms in total. The minimum absolute atomic E-state index is 0.386. The molecule has 0 rings (SSSR count). The largest absolute Gasteiger partial charge is 0.328 e. The fourth-order valence-electron chi connectivity index (χ4n) is 1.68. The van der Waals surface area contributed by atoms with Crippen LogP contribution in [0.25, 0.3) is 0 Å². The standard InChI is InChI=1S/C12H27N/c1-10(2)7-6-8-11(13)9-12(3,4)5/h10-11H,6-9,13H2,1-5H3. The molecule has 0 bridgehead atoms.